The summed E-state index contributed by atoms with van der Waals surface area (Å²) in [6, 6.07) is 10.5. The second-order valence-electron chi connectivity index (χ2n) is 5.18. The summed E-state index contributed by atoms with van der Waals surface area (Å²) >= 11 is 0. The van der Waals surface area contributed by atoms with Crippen LogP contribution in [-0.2, 0) is 11.3 Å². The average Bonchev–Trinajstić information content (AvgIpc) is 2.48. The van der Waals surface area contributed by atoms with Crippen molar-refractivity contribution >= 4 is 0 Å². The van der Waals surface area contributed by atoms with Crippen molar-refractivity contribution in [3.8, 4) is 0 Å². The molecule has 1 aliphatic rings. The summed E-state index contributed by atoms with van der Waals surface area (Å²) < 4.78 is 5.67. The number of rotatable bonds is 8. The van der Waals surface area contributed by atoms with Gasteiger partial charge in [-0.1, -0.05) is 36.8 Å². The van der Waals surface area contributed by atoms with Crippen LogP contribution in [0.25, 0.3) is 0 Å². The molecule has 1 N–H and O–H groups in total. The highest BCUT2D eigenvalue weighted by atomic mass is 16.5. The van der Waals surface area contributed by atoms with E-state index >= 15 is 0 Å². The molecule has 106 valence electrons. The third-order valence-electron chi connectivity index (χ3n) is 3.60. The van der Waals surface area contributed by atoms with E-state index in [0.717, 1.165) is 32.8 Å². The van der Waals surface area contributed by atoms with Crippen LogP contribution in [0.2, 0.25) is 0 Å². The second-order valence-corrected chi connectivity index (χ2v) is 5.18. The summed E-state index contributed by atoms with van der Waals surface area (Å²) in [5, 5.41) is 3.40. The van der Waals surface area contributed by atoms with Crippen LogP contribution in [0.5, 0.6) is 0 Å². The van der Waals surface area contributed by atoms with E-state index in [0.29, 0.717) is 0 Å². The maximum absolute atomic E-state index is 5.67. The molecule has 19 heavy (non-hydrogen) atoms. The van der Waals surface area contributed by atoms with Crippen molar-refractivity contribution in [1.82, 2.24) is 10.2 Å². The van der Waals surface area contributed by atoms with Crippen LogP contribution in [0.15, 0.2) is 30.3 Å². The Balaban J connectivity index is 1.42. The Labute approximate surface area is 116 Å². The Morgan fingerprint density at radius 3 is 2.58 bits per heavy atom. The number of nitrogens with zero attached hydrogens (tertiary/aromatic N) is 1. The standard InChI is InChI=1S/C16H26N2O/c1-3-7-16(8-4-1)15-17-9-13-19-14-12-18-10-5-2-6-11-18/h1,3-4,7-8,17H,2,5-6,9-15H2. The summed E-state index contributed by atoms with van der Waals surface area (Å²) in [7, 11) is 0. The molecular formula is C16H26N2O. The minimum absolute atomic E-state index is 0.806. The smallest absolute Gasteiger partial charge is 0.0594 e. The summed E-state index contributed by atoms with van der Waals surface area (Å²) in [6.45, 7) is 7.14. The first-order valence-electron chi connectivity index (χ1n) is 7.50. The molecule has 0 saturated carbocycles. The van der Waals surface area contributed by atoms with Crippen LogP contribution in [0.3, 0.4) is 0 Å². The van der Waals surface area contributed by atoms with Gasteiger partial charge in [-0.05, 0) is 31.5 Å². The van der Waals surface area contributed by atoms with Crippen molar-refractivity contribution in [3.05, 3.63) is 35.9 Å². The van der Waals surface area contributed by atoms with Crippen molar-refractivity contribution in [3.63, 3.8) is 0 Å². The maximum Gasteiger partial charge on any atom is 0.0594 e. The maximum atomic E-state index is 5.67. The van der Waals surface area contributed by atoms with E-state index in [2.05, 4.69) is 34.5 Å². The summed E-state index contributed by atoms with van der Waals surface area (Å²) in [6.07, 6.45) is 4.12. The van der Waals surface area contributed by atoms with E-state index in [1.165, 1.54) is 37.9 Å². The molecule has 1 heterocycles. The molecule has 0 amide bonds. The zero-order chi connectivity index (χ0) is 13.2. The molecule has 0 aliphatic carbocycles. The molecule has 1 aromatic carbocycles. The fraction of sp³-hybridized carbons (Fsp3) is 0.625. The first-order valence-corrected chi connectivity index (χ1v) is 7.50. The van der Waals surface area contributed by atoms with Gasteiger partial charge in [-0.25, -0.2) is 0 Å². The highest BCUT2D eigenvalue weighted by molar-refractivity contribution is 5.14. The summed E-state index contributed by atoms with van der Waals surface area (Å²) in [5.41, 5.74) is 1.33. The predicted octanol–water partition coefficient (Wildman–Crippen LogP) is 2.28. The number of hydrogen-bond donors (Lipinski definition) is 1. The van der Waals surface area contributed by atoms with Crippen molar-refractivity contribution in [2.75, 3.05) is 39.4 Å². The first-order chi connectivity index (χ1) is 9.45. The van der Waals surface area contributed by atoms with E-state index in [1.54, 1.807) is 0 Å². The zero-order valence-corrected chi connectivity index (χ0v) is 11.8. The zero-order valence-electron chi connectivity index (χ0n) is 11.8. The van der Waals surface area contributed by atoms with E-state index in [1.807, 2.05) is 6.07 Å². The molecular weight excluding hydrogens is 236 g/mol. The number of likely N-dealkylation sites (tertiary alicyclic amines) is 1. The fourth-order valence-electron chi connectivity index (χ4n) is 2.45. The van der Waals surface area contributed by atoms with Crippen LogP contribution < -0.4 is 5.32 Å². The van der Waals surface area contributed by atoms with Gasteiger partial charge in [0.05, 0.1) is 13.2 Å². The normalized spacial score (nSPS) is 16.6. The second kappa shape index (κ2) is 9.08. The molecule has 1 saturated heterocycles. The molecule has 2 rings (SSSR count). The lowest BCUT2D eigenvalue weighted by molar-refractivity contribution is 0.0978. The Bertz CT molecular complexity index is 323. The van der Waals surface area contributed by atoms with Crippen molar-refractivity contribution in [2.45, 2.75) is 25.8 Å². The van der Waals surface area contributed by atoms with Gasteiger partial charge in [-0.2, -0.15) is 0 Å². The number of ether oxygens (including phenoxy) is 1. The third kappa shape index (κ3) is 6.19. The van der Waals surface area contributed by atoms with Gasteiger partial charge >= 0.3 is 0 Å². The number of benzene rings is 1. The lowest BCUT2D eigenvalue weighted by Crippen LogP contribution is -2.33. The number of piperidine rings is 1. The van der Waals surface area contributed by atoms with Gasteiger partial charge in [0.15, 0.2) is 0 Å². The van der Waals surface area contributed by atoms with E-state index < -0.39 is 0 Å². The summed E-state index contributed by atoms with van der Waals surface area (Å²) in [5.74, 6) is 0. The largest absolute Gasteiger partial charge is 0.379 e. The quantitative estimate of drug-likeness (QED) is 0.727. The van der Waals surface area contributed by atoms with Gasteiger partial charge in [0.1, 0.15) is 0 Å². The molecule has 0 atom stereocenters. The molecule has 0 radical (unpaired) electrons. The number of nitrogens with one attached hydrogen (secondary N) is 1. The molecule has 0 aromatic heterocycles. The molecule has 3 heteroatoms. The minimum Gasteiger partial charge on any atom is -0.379 e. The lowest BCUT2D eigenvalue weighted by atomic mass is 10.1. The SMILES string of the molecule is c1ccc(CNCCOCCN2CCCCC2)cc1. The monoisotopic (exact) mass is 262 g/mol. The van der Waals surface area contributed by atoms with Gasteiger partial charge in [0, 0.05) is 19.6 Å². The van der Waals surface area contributed by atoms with E-state index in [-0.39, 0.29) is 0 Å². The predicted molar refractivity (Wildman–Crippen MR) is 79.3 cm³/mol. The van der Waals surface area contributed by atoms with E-state index in [9.17, 15) is 0 Å². The van der Waals surface area contributed by atoms with Crippen molar-refractivity contribution in [2.24, 2.45) is 0 Å². The highest BCUT2D eigenvalue weighted by Crippen LogP contribution is 2.07. The minimum atomic E-state index is 0.806. The first kappa shape index (κ1) is 14.5. The van der Waals surface area contributed by atoms with Crippen molar-refractivity contribution < 1.29 is 4.74 Å². The molecule has 1 aromatic rings. The highest BCUT2D eigenvalue weighted by Gasteiger charge is 2.08. The van der Waals surface area contributed by atoms with Gasteiger partial charge in [-0.3, -0.25) is 0 Å². The van der Waals surface area contributed by atoms with Gasteiger partial charge in [0.2, 0.25) is 0 Å². The molecule has 1 fully saturated rings. The van der Waals surface area contributed by atoms with E-state index in [4.69, 9.17) is 4.74 Å². The molecule has 0 bridgehead atoms. The third-order valence-corrected chi connectivity index (χ3v) is 3.60. The molecule has 0 unspecified atom stereocenters. The molecule has 3 nitrogen and oxygen atoms in total. The van der Waals surface area contributed by atoms with Crippen LogP contribution in [-0.4, -0.2) is 44.3 Å². The summed E-state index contributed by atoms with van der Waals surface area (Å²) in [4.78, 5) is 2.51. The van der Waals surface area contributed by atoms with Crippen LogP contribution in [0, 0.1) is 0 Å². The van der Waals surface area contributed by atoms with Crippen LogP contribution >= 0.6 is 0 Å². The average molecular weight is 262 g/mol. The Morgan fingerprint density at radius 2 is 1.79 bits per heavy atom. The Kier molecular flexibility index (Phi) is 6.93. The van der Waals surface area contributed by atoms with Crippen LogP contribution in [0.4, 0.5) is 0 Å². The lowest BCUT2D eigenvalue weighted by Gasteiger charge is -2.26. The molecule has 1 aliphatic heterocycles. The fourth-order valence-corrected chi connectivity index (χ4v) is 2.45. The van der Waals surface area contributed by atoms with Gasteiger partial charge in [0.25, 0.3) is 0 Å². The van der Waals surface area contributed by atoms with Gasteiger partial charge < -0.3 is 15.0 Å². The Hall–Kier alpha value is -0.900. The topological polar surface area (TPSA) is 24.5 Å². The Morgan fingerprint density at radius 1 is 1.00 bits per heavy atom. The number of hydrogen-bond acceptors (Lipinski definition) is 3. The van der Waals surface area contributed by atoms with Crippen LogP contribution in [0.1, 0.15) is 24.8 Å². The molecule has 0 spiro atoms. The van der Waals surface area contributed by atoms with Crippen molar-refractivity contribution in [1.29, 1.82) is 0 Å². The van der Waals surface area contributed by atoms with Gasteiger partial charge in [-0.15, -0.1) is 0 Å².